The van der Waals surface area contributed by atoms with Crippen LogP contribution in [0.4, 0.5) is 4.39 Å². The van der Waals surface area contributed by atoms with Gasteiger partial charge < -0.3 is 10.2 Å². The highest BCUT2D eigenvalue weighted by Gasteiger charge is 2.24. The Bertz CT molecular complexity index is 450. The predicted octanol–water partition coefficient (Wildman–Crippen LogP) is 1.68. The molecule has 0 aromatic carbocycles. The van der Waals surface area contributed by atoms with Crippen LogP contribution in [0.1, 0.15) is 30.6 Å². The largest absolute Gasteiger partial charge is 0.352 e. The number of nitrogens with zero attached hydrogens (tertiary/aromatic N) is 2. The van der Waals surface area contributed by atoms with E-state index < -0.39 is 5.95 Å². The van der Waals surface area contributed by atoms with Gasteiger partial charge in [0.15, 0.2) is 0 Å². The van der Waals surface area contributed by atoms with Crippen molar-refractivity contribution in [2.24, 2.45) is 5.92 Å². The molecule has 1 aliphatic rings. The molecule has 1 aromatic rings. The SMILES string of the molecule is CC(C)N1CCC(CNC(=O)c2ccnc(F)c2)C1. The molecule has 1 aromatic heterocycles. The number of amides is 1. The maximum Gasteiger partial charge on any atom is 0.251 e. The molecule has 5 heteroatoms. The summed E-state index contributed by atoms with van der Waals surface area (Å²) in [7, 11) is 0. The number of carbonyl (C=O) groups is 1. The van der Waals surface area contributed by atoms with Crippen LogP contribution >= 0.6 is 0 Å². The minimum Gasteiger partial charge on any atom is -0.352 e. The third-order valence-electron chi connectivity index (χ3n) is 3.59. The molecule has 1 fully saturated rings. The third-order valence-corrected chi connectivity index (χ3v) is 3.59. The van der Waals surface area contributed by atoms with Gasteiger partial charge in [0.25, 0.3) is 5.91 Å². The average molecular weight is 265 g/mol. The van der Waals surface area contributed by atoms with Gasteiger partial charge in [0.05, 0.1) is 0 Å². The van der Waals surface area contributed by atoms with E-state index in [0.29, 0.717) is 24.1 Å². The van der Waals surface area contributed by atoms with Gasteiger partial charge in [-0.3, -0.25) is 4.79 Å². The number of hydrogen-bond donors (Lipinski definition) is 1. The molecule has 1 unspecified atom stereocenters. The summed E-state index contributed by atoms with van der Waals surface area (Å²) in [6.45, 7) is 7.11. The zero-order chi connectivity index (χ0) is 13.8. The molecule has 1 amide bonds. The van der Waals surface area contributed by atoms with E-state index in [0.717, 1.165) is 25.6 Å². The van der Waals surface area contributed by atoms with Crippen LogP contribution in [0.15, 0.2) is 18.3 Å². The lowest BCUT2D eigenvalue weighted by atomic mass is 10.1. The zero-order valence-corrected chi connectivity index (χ0v) is 11.4. The Hall–Kier alpha value is -1.49. The standard InChI is InChI=1S/C14H20FN3O/c1-10(2)18-6-4-11(9-18)8-17-14(19)12-3-5-16-13(15)7-12/h3,5,7,10-11H,4,6,8-9H2,1-2H3,(H,17,19). The van der Waals surface area contributed by atoms with Crippen LogP contribution in [0.3, 0.4) is 0 Å². The van der Waals surface area contributed by atoms with Crippen molar-refractivity contribution in [2.45, 2.75) is 26.3 Å². The van der Waals surface area contributed by atoms with Gasteiger partial charge >= 0.3 is 0 Å². The Morgan fingerprint density at radius 1 is 1.63 bits per heavy atom. The molecule has 0 bridgehead atoms. The number of hydrogen-bond acceptors (Lipinski definition) is 3. The highest BCUT2D eigenvalue weighted by molar-refractivity contribution is 5.93. The van der Waals surface area contributed by atoms with Crippen molar-refractivity contribution in [3.8, 4) is 0 Å². The van der Waals surface area contributed by atoms with E-state index in [1.165, 1.54) is 12.3 Å². The van der Waals surface area contributed by atoms with Gasteiger partial charge in [-0.25, -0.2) is 4.98 Å². The first-order chi connectivity index (χ1) is 9.06. The van der Waals surface area contributed by atoms with Crippen molar-refractivity contribution in [1.29, 1.82) is 0 Å². The fraction of sp³-hybridized carbons (Fsp3) is 0.571. The second-order valence-electron chi connectivity index (χ2n) is 5.32. The van der Waals surface area contributed by atoms with Crippen molar-refractivity contribution >= 4 is 5.91 Å². The van der Waals surface area contributed by atoms with Gasteiger partial charge in [0.2, 0.25) is 5.95 Å². The Kier molecular flexibility index (Phi) is 4.47. The first kappa shape index (κ1) is 13.9. The van der Waals surface area contributed by atoms with Crippen LogP contribution in [-0.4, -0.2) is 41.5 Å². The van der Waals surface area contributed by atoms with E-state index in [1.807, 2.05) is 0 Å². The lowest BCUT2D eigenvalue weighted by Crippen LogP contribution is -2.33. The zero-order valence-electron chi connectivity index (χ0n) is 11.4. The molecule has 104 valence electrons. The van der Waals surface area contributed by atoms with E-state index in [-0.39, 0.29) is 5.91 Å². The topological polar surface area (TPSA) is 45.2 Å². The maximum atomic E-state index is 12.9. The van der Waals surface area contributed by atoms with Crippen molar-refractivity contribution in [1.82, 2.24) is 15.2 Å². The first-order valence-corrected chi connectivity index (χ1v) is 6.70. The molecule has 2 rings (SSSR count). The monoisotopic (exact) mass is 265 g/mol. The summed E-state index contributed by atoms with van der Waals surface area (Å²) in [4.78, 5) is 17.7. The van der Waals surface area contributed by atoms with E-state index in [9.17, 15) is 9.18 Å². The van der Waals surface area contributed by atoms with Crippen molar-refractivity contribution < 1.29 is 9.18 Å². The molecular formula is C14H20FN3O. The van der Waals surface area contributed by atoms with Crippen LogP contribution in [0.25, 0.3) is 0 Å². The minimum absolute atomic E-state index is 0.232. The number of likely N-dealkylation sites (tertiary alicyclic amines) is 1. The second kappa shape index (κ2) is 6.10. The Balaban J connectivity index is 1.82. The van der Waals surface area contributed by atoms with Crippen molar-refractivity contribution in [3.05, 3.63) is 29.8 Å². The number of carbonyl (C=O) groups excluding carboxylic acids is 1. The van der Waals surface area contributed by atoms with Gasteiger partial charge in [0, 0.05) is 37.0 Å². The Morgan fingerprint density at radius 2 is 2.42 bits per heavy atom. The number of halogens is 1. The molecule has 2 heterocycles. The summed E-state index contributed by atoms with van der Waals surface area (Å²) in [6, 6.07) is 3.23. The van der Waals surface area contributed by atoms with Crippen molar-refractivity contribution in [3.63, 3.8) is 0 Å². The fourth-order valence-electron chi connectivity index (χ4n) is 2.38. The number of nitrogens with one attached hydrogen (secondary N) is 1. The molecule has 0 saturated carbocycles. The smallest absolute Gasteiger partial charge is 0.251 e. The molecular weight excluding hydrogens is 245 g/mol. The lowest BCUT2D eigenvalue weighted by Gasteiger charge is -2.20. The molecule has 1 aliphatic heterocycles. The molecule has 0 aliphatic carbocycles. The minimum atomic E-state index is -0.625. The molecule has 1 N–H and O–H groups in total. The molecule has 0 radical (unpaired) electrons. The van der Waals surface area contributed by atoms with Crippen LogP contribution < -0.4 is 5.32 Å². The summed E-state index contributed by atoms with van der Waals surface area (Å²) in [5, 5.41) is 2.87. The van der Waals surface area contributed by atoms with Gasteiger partial charge in [0.1, 0.15) is 0 Å². The number of pyridine rings is 1. The van der Waals surface area contributed by atoms with Crippen molar-refractivity contribution in [2.75, 3.05) is 19.6 Å². The maximum absolute atomic E-state index is 12.9. The summed E-state index contributed by atoms with van der Waals surface area (Å²) in [5.74, 6) is -0.373. The third kappa shape index (κ3) is 3.73. The molecule has 0 spiro atoms. The van der Waals surface area contributed by atoms with Gasteiger partial charge in [-0.15, -0.1) is 0 Å². The second-order valence-corrected chi connectivity index (χ2v) is 5.32. The number of rotatable bonds is 4. The number of aromatic nitrogens is 1. The predicted molar refractivity (Wildman–Crippen MR) is 71.3 cm³/mol. The highest BCUT2D eigenvalue weighted by atomic mass is 19.1. The quantitative estimate of drug-likeness (QED) is 0.842. The fourth-order valence-corrected chi connectivity index (χ4v) is 2.38. The lowest BCUT2D eigenvalue weighted by molar-refractivity contribution is 0.0946. The van der Waals surface area contributed by atoms with Crippen LogP contribution in [0.5, 0.6) is 0 Å². The molecule has 19 heavy (non-hydrogen) atoms. The van der Waals surface area contributed by atoms with Gasteiger partial charge in [-0.05, 0) is 38.8 Å². The highest BCUT2D eigenvalue weighted by Crippen LogP contribution is 2.17. The van der Waals surface area contributed by atoms with Crippen LogP contribution in [0, 0.1) is 11.9 Å². The van der Waals surface area contributed by atoms with Crippen LogP contribution in [-0.2, 0) is 0 Å². The van der Waals surface area contributed by atoms with E-state index in [1.54, 1.807) is 0 Å². The summed E-state index contributed by atoms with van der Waals surface area (Å²) in [5.41, 5.74) is 0.325. The summed E-state index contributed by atoms with van der Waals surface area (Å²) >= 11 is 0. The Morgan fingerprint density at radius 3 is 3.05 bits per heavy atom. The molecule has 1 atom stereocenters. The van der Waals surface area contributed by atoms with E-state index in [4.69, 9.17) is 0 Å². The summed E-state index contributed by atoms with van der Waals surface area (Å²) < 4.78 is 12.9. The normalized spacial score (nSPS) is 19.9. The Labute approximate surface area is 113 Å². The van der Waals surface area contributed by atoms with Crippen LogP contribution in [0.2, 0.25) is 0 Å². The molecule has 4 nitrogen and oxygen atoms in total. The molecule has 1 saturated heterocycles. The first-order valence-electron chi connectivity index (χ1n) is 6.70. The summed E-state index contributed by atoms with van der Waals surface area (Å²) in [6.07, 6.45) is 2.41. The van der Waals surface area contributed by atoms with Gasteiger partial charge in [-0.2, -0.15) is 4.39 Å². The van der Waals surface area contributed by atoms with Gasteiger partial charge in [-0.1, -0.05) is 0 Å². The average Bonchev–Trinajstić information content (AvgIpc) is 2.85. The van der Waals surface area contributed by atoms with E-state index in [2.05, 4.69) is 29.0 Å². The van der Waals surface area contributed by atoms with E-state index >= 15 is 0 Å².